The van der Waals surface area contributed by atoms with Gasteiger partial charge in [0, 0.05) is 0 Å². The summed E-state index contributed by atoms with van der Waals surface area (Å²) in [7, 11) is -1.26. The molecule has 0 aliphatic heterocycles. The fourth-order valence-corrected chi connectivity index (χ4v) is 8.63. The molecule has 4 aliphatic carbocycles. The van der Waals surface area contributed by atoms with E-state index >= 15 is 0 Å². The van der Waals surface area contributed by atoms with Crippen molar-refractivity contribution in [1.82, 2.24) is 0 Å². The van der Waals surface area contributed by atoms with Gasteiger partial charge in [0.15, 0.2) is 0 Å². The molecular weight excluding hydrogens is 543 g/mol. The van der Waals surface area contributed by atoms with Crippen LogP contribution in [0.3, 0.4) is 0 Å². The van der Waals surface area contributed by atoms with Gasteiger partial charge in [-0.3, -0.25) is 0 Å². The normalized spacial score (nSPS) is 32.9. The van der Waals surface area contributed by atoms with Crippen molar-refractivity contribution in [2.24, 2.45) is 23.7 Å². The molecule has 0 N–H and O–H groups in total. The zero-order chi connectivity index (χ0) is 21.3. The van der Waals surface area contributed by atoms with E-state index in [4.69, 9.17) is 0 Å². The topological polar surface area (TPSA) is 0 Å². The number of hydrogen-bond acceptors (Lipinski definition) is 0. The molecule has 0 bridgehead atoms. The maximum Gasteiger partial charge on any atom is 4.00 e. The van der Waals surface area contributed by atoms with Crippen molar-refractivity contribution in [2.45, 2.75) is 76.5 Å². The number of unbranched alkanes of at least 4 members (excludes halogenated alkanes) is 2. The van der Waals surface area contributed by atoms with Crippen molar-refractivity contribution < 1.29 is 25.8 Å². The first-order chi connectivity index (χ1) is 14.0. The molecule has 2 fully saturated rings. The molecule has 0 spiro atoms. The van der Waals surface area contributed by atoms with E-state index in [-0.39, 0.29) is 25.8 Å². The quantitative estimate of drug-likeness (QED) is 0.228. The summed E-state index contributed by atoms with van der Waals surface area (Å²) in [5, 5.41) is 0. The van der Waals surface area contributed by atoms with Gasteiger partial charge in [-0.2, -0.15) is 23.9 Å². The Morgan fingerprint density at radius 1 is 0.733 bits per heavy atom. The van der Waals surface area contributed by atoms with Crippen molar-refractivity contribution in [3.05, 3.63) is 75.3 Å². The van der Waals surface area contributed by atoms with Crippen molar-refractivity contribution in [3.8, 4) is 0 Å². The summed E-state index contributed by atoms with van der Waals surface area (Å²) in [4.78, 5) is 0. The standard InChI is InChI=1S/C20H26Si.2C4H9.Hf/c1-21(2,19-11-15-7-3-4-8-16(15)12-19)20-13-17-9-5-6-10-18(17)14-20;2*1-3-4-2;/h3-11,13,15-20H,12,14H2,1-2H3;2*1,3-4H2,2H3;/q-2;2*-1;+4. The summed E-state index contributed by atoms with van der Waals surface area (Å²) in [5.74, 6) is 3.01. The molecule has 0 amide bonds. The molecule has 0 radical (unpaired) electrons. The van der Waals surface area contributed by atoms with Gasteiger partial charge in [-0.05, 0) is 19.9 Å². The van der Waals surface area contributed by atoms with Crippen LogP contribution in [0.1, 0.15) is 52.4 Å². The molecule has 6 atom stereocenters. The van der Waals surface area contributed by atoms with E-state index in [0.717, 1.165) is 47.6 Å². The molecule has 0 saturated heterocycles. The predicted octanol–water partition coefficient (Wildman–Crippen LogP) is 8.61. The third-order valence-corrected chi connectivity index (χ3v) is 11.9. The molecule has 0 nitrogen and oxygen atoms in total. The first kappa shape index (κ1) is 28.1. The molecule has 0 aromatic carbocycles. The number of hydrogen-bond donors (Lipinski definition) is 0. The fourth-order valence-electron chi connectivity index (χ4n) is 4.88. The Bertz CT molecular complexity index is 491. The summed E-state index contributed by atoms with van der Waals surface area (Å²) in [6.07, 6.45) is 31.4. The molecule has 164 valence electrons. The number of rotatable bonds is 4. The minimum absolute atomic E-state index is 0. The monoisotopic (exact) mass is 588 g/mol. The fraction of sp³-hybridized carbons (Fsp3) is 0.571. The van der Waals surface area contributed by atoms with E-state index in [9.17, 15) is 0 Å². The zero-order valence-electron chi connectivity index (χ0n) is 19.9. The summed E-state index contributed by atoms with van der Waals surface area (Å²) in [5.41, 5.74) is 1.77. The van der Waals surface area contributed by atoms with Crippen molar-refractivity contribution >= 4 is 8.07 Å². The second-order valence-corrected chi connectivity index (χ2v) is 14.7. The van der Waals surface area contributed by atoms with E-state index in [2.05, 4.69) is 102 Å². The predicted molar refractivity (Wildman–Crippen MR) is 134 cm³/mol. The van der Waals surface area contributed by atoms with Crippen molar-refractivity contribution in [1.29, 1.82) is 0 Å². The van der Waals surface area contributed by atoms with Gasteiger partial charge in [0.1, 0.15) is 0 Å². The Labute approximate surface area is 208 Å². The summed E-state index contributed by atoms with van der Waals surface area (Å²) >= 11 is 0. The summed E-state index contributed by atoms with van der Waals surface area (Å²) < 4.78 is 0. The van der Waals surface area contributed by atoms with Crippen molar-refractivity contribution in [3.63, 3.8) is 0 Å². The number of allylic oxidation sites excluding steroid dienone is 8. The van der Waals surface area contributed by atoms with Crippen LogP contribution in [0.25, 0.3) is 0 Å². The van der Waals surface area contributed by atoms with Crippen LogP contribution in [0.2, 0.25) is 24.2 Å². The van der Waals surface area contributed by atoms with Gasteiger partial charge in [-0.15, -0.1) is 24.0 Å². The molecular formula is C28H44HfSi. The Morgan fingerprint density at radius 3 is 1.37 bits per heavy atom. The van der Waals surface area contributed by atoms with Gasteiger partial charge in [-0.1, -0.05) is 89.1 Å². The van der Waals surface area contributed by atoms with E-state index in [1.54, 1.807) is 0 Å². The second kappa shape index (κ2) is 14.2. The second-order valence-electron chi connectivity index (χ2n) is 9.62. The first-order valence-electron chi connectivity index (χ1n) is 12.0. The molecule has 4 aliphatic rings. The van der Waals surface area contributed by atoms with Crippen LogP contribution in [0.5, 0.6) is 0 Å². The maximum absolute atomic E-state index is 3.60. The molecule has 0 heterocycles. The summed E-state index contributed by atoms with van der Waals surface area (Å²) in [6.45, 7) is 16.7. The molecule has 4 rings (SSSR count). The Hall–Kier alpha value is 0.0470. The Morgan fingerprint density at radius 2 is 1.07 bits per heavy atom. The Balaban J connectivity index is 0.000000435. The van der Waals surface area contributed by atoms with E-state index < -0.39 is 8.07 Å². The molecule has 6 unspecified atom stereocenters. The third kappa shape index (κ3) is 7.57. The van der Waals surface area contributed by atoms with Gasteiger partial charge in [0.25, 0.3) is 0 Å². The van der Waals surface area contributed by atoms with Gasteiger partial charge in [0.05, 0.1) is 0 Å². The van der Waals surface area contributed by atoms with E-state index in [1.807, 2.05) is 0 Å². The maximum atomic E-state index is 3.60. The smallest absolute Gasteiger partial charge is 0.343 e. The van der Waals surface area contributed by atoms with Crippen molar-refractivity contribution in [2.75, 3.05) is 0 Å². The van der Waals surface area contributed by atoms with E-state index in [0.29, 0.717) is 0 Å². The average Bonchev–Trinajstić information content (AvgIpc) is 3.39. The number of fused-ring (bicyclic) bond motifs is 2. The molecule has 2 saturated carbocycles. The van der Waals surface area contributed by atoms with Gasteiger partial charge < -0.3 is 26.7 Å². The van der Waals surface area contributed by atoms with Gasteiger partial charge in [0.2, 0.25) is 0 Å². The molecule has 0 aromatic rings. The summed E-state index contributed by atoms with van der Waals surface area (Å²) in [6, 6.07) is 0. The SMILES string of the molecule is C[Si](C)(C1[CH-]C2C=CC=CC2C1)C1[CH-]C2C=CC=CC2C1.[CH2-]CCC.[CH2-]CCC.[Hf+4]. The minimum atomic E-state index is -1.26. The first-order valence-corrected chi connectivity index (χ1v) is 15.1. The zero-order valence-corrected chi connectivity index (χ0v) is 24.5. The van der Waals surface area contributed by atoms with Crippen LogP contribution >= 0.6 is 0 Å². The minimum Gasteiger partial charge on any atom is -0.343 e. The molecule has 2 heteroatoms. The largest absolute Gasteiger partial charge is 4.00 e. The van der Waals surface area contributed by atoms with Crippen LogP contribution in [-0.2, 0) is 25.8 Å². The Kier molecular flexibility index (Phi) is 13.3. The van der Waals surface area contributed by atoms with Gasteiger partial charge in [-0.25, -0.2) is 0 Å². The van der Waals surface area contributed by atoms with Crippen LogP contribution < -0.4 is 0 Å². The van der Waals surface area contributed by atoms with Crippen LogP contribution in [0, 0.1) is 50.4 Å². The van der Waals surface area contributed by atoms with Crippen LogP contribution in [0.15, 0.2) is 48.6 Å². The van der Waals surface area contributed by atoms with Crippen LogP contribution in [-0.4, -0.2) is 8.07 Å². The van der Waals surface area contributed by atoms with Crippen LogP contribution in [0.4, 0.5) is 0 Å². The molecule has 30 heavy (non-hydrogen) atoms. The third-order valence-electron chi connectivity index (χ3n) is 7.17. The van der Waals surface area contributed by atoms with E-state index in [1.165, 1.54) is 25.7 Å². The molecule has 0 aromatic heterocycles. The van der Waals surface area contributed by atoms with Gasteiger partial charge >= 0.3 is 25.8 Å². The average molecular weight is 587 g/mol.